The molecule has 66 valence electrons. The van der Waals surface area contributed by atoms with E-state index in [1.54, 1.807) is 0 Å². The van der Waals surface area contributed by atoms with Crippen molar-refractivity contribution in [3.8, 4) is 0 Å². The second kappa shape index (κ2) is 2.58. The molecular formula is C7H10N2O2S. The fraction of sp³-hybridized carbons (Fsp3) is 0.571. The van der Waals surface area contributed by atoms with Crippen LogP contribution in [0.5, 0.6) is 0 Å². The summed E-state index contributed by atoms with van der Waals surface area (Å²) in [4.78, 5) is 6.32. The maximum atomic E-state index is 11.6. The molecule has 0 radical (unpaired) electrons. The third-order valence-corrected chi connectivity index (χ3v) is 4.46. The minimum Gasteiger partial charge on any atom is -0.336 e. The molecule has 0 unspecified atom stereocenters. The Morgan fingerprint density at radius 1 is 1.50 bits per heavy atom. The molecule has 0 atom stereocenters. The van der Waals surface area contributed by atoms with Gasteiger partial charge in [-0.15, -0.1) is 0 Å². The van der Waals surface area contributed by atoms with Crippen LogP contribution in [0, 0.1) is 0 Å². The summed E-state index contributed by atoms with van der Waals surface area (Å²) in [5, 5.41) is 0.0881. The van der Waals surface area contributed by atoms with Gasteiger partial charge in [-0.3, -0.25) is 0 Å². The molecule has 0 saturated heterocycles. The van der Waals surface area contributed by atoms with Crippen LogP contribution in [0.25, 0.3) is 0 Å². The zero-order chi connectivity index (χ0) is 8.60. The van der Waals surface area contributed by atoms with Crippen LogP contribution < -0.4 is 0 Å². The summed E-state index contributed by atoms with van der Waals surface area (Å²) >= 11 is 0. The molecule has 1 aliphatic rings. The van der Waals surface area contributed by atoms with E-state index in [0.717, 1.165) is 19.3 Å². The molecule has 0 aromatic carbocycles. The molecule has 0 spiro atoms. The van der Waals surface area contributed by atoms with Crippen LogP contribution >= 0.6 is 0 Å². The third-order valence-electron chi connectivity index (χ3n) is 2.27. The Labute approximate surface area is 70.9 Å². The van der Waals surface area contributed by atoms with Crippen molar-refractivity contribution in [3.63, 3.8) is 0 Å². The molecule has 1 aromatic heterocycles. The van der Waals surface area contributed by atoms with Crippen molar-refractivity contribution in [2.45, 2.75) is 29.5 Å². The fourth-order valence-electron chi connectivity index (χ4n) is 1.26. The highest BCUT2D eigenvalue weighted by Crippen LogP contribution is 2.29. The summed E-state index contributed by atoms with van der Waals surface area (Å²) in [6.07, 6.45) is 5.37. The SMILES string of the molecule is O=S(=O)(c1cnc[nH]1)C1CCC1. The lowest BCUT2D eigenvalue weighted by Gasteiger charge is -2.23. The van der Waals surface area contributed by atoms with Gasteiger partial charge in [-0.05, 0) is 12.8 Å². The first-order chi connectivity index (χ1) is 5.71. The Balaban J connectivity index is 2.33. The third kappa shape index (κ3) is 1.04. The molecule has 1 saturated carbocycles. The fourth-order valence-corrected chi connectivity index (χ4v) is 3.00. The molecule has 1 heterocycles. The summed E-state index contributed by atoms with van der Waals surface area (Å²) in [7, 11) is -3.08. The van der Waals surface area contributed by atoms with Crippen LogP contribution in [0.4, 0.5) is 0 Å². The number of aromatic nitrogens is 2. The van der Waals surface area contributed by atoms with Gasteiger partial charge in [0.05, 0.1) is 17.8 Å². The first-order valence-electron chi connectivity index (χ1n) is 3.93. The Morgan fingerprint density at radius 3 is 2.67 bits per heavy atom. The summed E-state index contributed by atoms with van der Waals surface area (Å²) in [6, 6.07) is 0. The van der Waals surface area contributed by atoms with Crippen molar-refractivity contribution in [1.29, 1.82) is 0 Å². The zero-order valence-corrected chi connectivity index (χ0v) is 7.34. The predicted molar refractivity (Wildman–Crippen MR) is 43.4 cm³/mol. The average molecular weight is 186 g/mol. The number of H-pyrrole nitrogens is 1. The maximum absolute atomic E-state index is 11.6. The van der Waals surface area contributed by atoms with Crippen molar-refractivity contribution >= 4 is 9.84 Å². The molecule has 2 rings (SSSR count). The van der Waals surface area contributed by atoms with Crippen LogP contribution in [0.2, 0.25) is 0 Å². The Kier molecular flexibility index (Phi) is 1.68. The van der Waals surface area contributed by atoms with Gasteiger partial charge in [-0.2, -0.15) is 0 Å². The van der Waals surface area contributed by atoms with Gasteiger partial charge in [0.15, 0.2) is 14.9 Å². The van der Waals surface area contributed by atoms with Gasteiger partial charge < -0.3 is 4.98 Å². The van der Waals surface area contributed by atoms with Crippen molar-refractivity contribution in [2.75, 3.05) is 0 Å². The van der Waals surface area contributed by atoms with Crippen LogP contribution in [0.3, 0.4) is 0 Å². The van der Waals surface area contributed by atoms with E-state index in [9.17, 15) is 8.42 Å². The van der Waals surface area contributed by atoms with E-state index < -0.39 is 9.84 Å². The van der Waals surface area contributed by atoms with Gasteiger partial charge in [0.1, 0.15) is 0 Å². The Bertz CT molecular complexity index is 351. The molecular weight excluding hydrogens is 176 g/mol. The highest BCUT2D eigenvalue weighted by Gasteiger charge is 2.33. The summed E-state index contributed by atoms with van der Waals surface area (Å²) in [5.74, 6) is 0. The number of imidazole rings is 1. The van der Waals surface area contributed by atoms with E-state index in [1.807, 2.05) is 0 Å². The number of hydrogen-bond donors (Lipinski definition) is 1. The van der Waals surface area contributed by atoms with Crippen LogP contribution in [-0.4, -0.2) is 23.6 Å². The smallest absolute Gasteiger partial charge is 0.198 e. The largest absolute Gasteiger partial charge is 0.336 e. The lowest BCUT2D eigenvalue weighted by molar-refractivity contribution is 0.475. The Morgan fingerprint density at radius 2 is 2.25 bits per heavy atom. The Hall–Kier alpha value is -0.840. The quantitative estimate of drug-likeness (QED) is 0.740. The van der Waals surface area contributed by atoms with Gasteiger partial charge in [-0.1, -0.05) is 6.42 Å². The van der Waals surface area contributed by atoms with Crippen molar-refractivity contribution < 1.29 is 8.42 Å². The molecule has 5 heteroatoms. The van der Waals surface area contributed by atoms with E-state index in [-0.39, 0.29) is 10.3 Å². The highest BCUT2D eigenvalue weighted by atomic mass is 32.2. The molecule has 12 heavy (non-hydrogen) atoms. The molecule has 4 nitrogen and oxygen atoms in total. The van der Waals surface area contributed by atoms with Gasteiger partial charge in [0.2, 0.25) is 0 Å². The number of nitrogens with zero attached hydrogens (tertiary/aromatic N) is 1. The number of aromatic amines is 1. The second-order valence-electron chi connectivity index (χ2n) is 3.01. The molecule has 0 bridgehead atoms. The topological polar surface area (TPSA) is 62.8 Å². The van der Waals surface area contributed by atoms with E-state index in [4.69, 9.17) is 0 Å². The number of sulfone groups is 1. The zero-order valence-electron chi connectivity index (χ0n) is 6.53. The average Bonchev–Trinajstić information content (AvgIpc) is 2.30. The van der Waals surface area contributed by atoms with Crippen LogP contribution in [0.1, 0.15) is 19.3 Å². The van der Waals surface area contributed by atoms with Gasteiger partial charge >= 0.3 is 0 Å². The van der Waals surface area contributed by atoms with Gasteiger partial charge in [-0.25, -0.2) is 13.4 Å². The maximum Gasteiger partial charge on any atom is 0.198 e. The van der Waals surface area contributed by atoms with Crippen molar-refractivity contribution in [3.05, 3.63) is 12.5 Å². The van der Waals surface area contributed by atoms with E-state index in [2.05, 4.69) is 9.97 Å². The standard InChI is InChI=1S/C7H10N2O2S/c10-12(11,6-2-1-3-6)7-4-8-5-9-7/h4-6H,1-3H2,(H,8,9). The lowest BCUT2D eigenvalue weighted by atomic mass is 10.0. The number of hydrogen-bond acceptors (Lipinski definition) is 3. The normalized spacial score (nSPS) is 19.0. The molecule has 0 aliphatic heterocycles. The minimum atomic E-state index is -3.08. The first-order valence-corrected chi connectivity index (χ1v) is 5.48. The van der Waals surface area contributed by atoms with Crippen LogP contribution in [-0.2, 0) is 9.84 Å². The number of rotatable bonds is 2. The van der Waals surface area contributed by atoms with E-state index in [0.29, 0.717) is 0 Å². The predicted octanol–water partition coefficient (Wildman–Crippen LogP) is 0.736. The molecule has 1 aliphatic carbocycles. The van der Waals surface area contributed by atoms with E-state index in [1.165, 1.54) is 12.5 Å². The van der Waals surface area contributed by atoms with E-state index >= 15 is 0 Å². The molecule has 1 aromatic rings. The second-order valence-corrected chi connectivity index (χ2v) is 5.21. The summed E-state index contributed by atoms with van der Waals surface area (Å²) in [5.41, 5.74) is 0. The summed E-state index contributed by atoms with van der Waals surface area (Å²) < 4.78 is 23.2. The monoisotopic (exact) mass is 186 g/mol. The minimum absolute atomic E-state index is 0.169. The van der Waals surface area contributed by atoms with Gasteiger partial charge in [0.25, 0.3) is 0 Å². The van der Waals surface area contributed by atoms with Crippen molar-refractivity contribution in [1.82, 2.24) is 9.97 Å². The lowest BCUT2D eigenvalue weighted by Crippen LogP contribution is -2.28. The highest BCUT2D eigenvalue weighted by molar-refractivity contribution is 7.92. The molecule has 1 N–H and O–H groups in total. The van der Waals surface area contributed by atoms with Crippen LogP contribution in [0.15, 0.2) is 17.6 Å². The van der Waals surface area contributed by atoms with Crippen molar-refractivity contribution in [2.24, 2.45) is 0 Å². The molecule has 0 amide bonds. The summed E-state index contributed by atoms with van der Waals surface area (Å²) in [6.45, 7) is 0. The van der Waals surface area contributed by atoms with Gasteiger partial charge in [0, 0.05) is 0 Å². The molecule has 1 fully saturated rings. The first kappa shape index (κ1) is 7.79. The number of nitrogens with one attached hydrogen (secondary N) is 1.